The Morgan fingerprint density at radius 2 is 2.20 bits per heavy atom. The highest BCUT2D eigenvalue weighted by Crippen LogP contribution is 2.20. The smallest absolute Gasteiger partial charge is 0.227 e. The van der Waals surface area contributed by atoms with E-state index >= 15 is 0 Å². The molecule has 0 aliphatic carbocycles. The van der Waals surface area contributed by atoms with E-state index in [2.05, 4.69) is 18.3 Å². The molecule has 1 aromatic rings. The van der Waals surface area contributed by atoms with Crippen molar-refractivity contribution in [2.45, 2.75) is 20.4 Å². The zero-order valence-electron chi connectivity index (χ0n) is 12.1. The van der Waals surface area contributed by atoms with Crippen LogP contribution in [0.2, 0.25) is 0 Å². The standard InChI is InChI=1S/C16H21N3O/c1-3-19(16(20)15-10-18-9-12(15)2)11-14-7-5-4-6-13(14)8-17/h4-7,12,15,18H,3,9-11H2,1-2H3. The monoisotopic (exact) mass is 271 g/mol. The van der Waals surface area contributed by atoms with Crippen LogP contribution in [0, 0.1) is 23.2 Å². The zero-order valence-corrected chi connectivity index (χ0v) is 12.1. The molecule has 4 nitrogen and oxygen atoms in total. The molecule has 1 saturated heterocycles. The van der Waals surface area contributed by atoms with Gasteiger partial charge >= 0.3 is 0 Å². The molecule has 0 radical (unpaired) electrons. The molecular formula is C16H21N3O. The first-order valence-electron chi connectivity index (χ1n) is 7.14. The van der Waals surface area contributed by atoms with Gasteiger partial charge in [-0.25, -0.2) is 0 Å². The maximum Gasteiger partial charge on any atom is 0.227 e. The molecule has 1 aliphatic heterocycles. The van der Waals surface area contributed by atoms with Gasteiger partial charge in [-0.1, -0.05) is 25.1 Å². The van der Waals surface area contributed by atoms with Gasteiger partial charge in [0.05, 0.1) is 17.6 Å². The fourth-order valence-corrected chi connectivity index (χ4v) is 2.69. The molecule has 4 heteroatoms. The van der Waals surface area contributed by atoms with Gasteiger partial charge in [0.25, 0.3) is 0 Å². The summed E-state index contributed by atoms with van der Waals surface area (Å²) in [5, 5.41) is 12.4. The summed E-state index contributed by atoms with van der Waals surface area (Å²) in [4.78, 5) is 14.4. The third-order valence-electron chi connectivity index (χ3n) is 4.03. The number of nitriles is 1. The summed E-state index contributed by atoms with van der Waals surface area (Å²) in [6.45, 7) is 6.95. The first kappa shape index (κ1) is 14.5. The predicted octanol–water partition coefficient (Wildman–Crippen LogP) is 1.76. The lowest BCUT2D eigenvalue weighted by Crippen LogP contribution is -2.38. The first-order chi connectivity index (χ1) is 9.67. The third-order valence-corrected chi connectivity index (χ3v) is 4.03. The SMILES string of the molecule is CCN(Cc1ccccc1C#N)C(=O)C1CNCC1C. The summed E-state index contributed by atoms with van der Waals surface area (Å²) in [5.74, 6) is 0.629. The molecule has 2 rings (SSSR count). The predicted molar refractivity (Wildman–Crippen MR) is 77.8 cm³/mol. The van der Waals surface area contributed by atoms with Crippen LogP contribution in [0.15, 0.2) is 24.3 Å². The highest BCUT2D eigenvalue weighted by Gasteiger charge is 2.32. The molecule has 106 valence electrons. The fraction of sp³-hybridized carbons (Fsp3) is 0.500. The molecule has 1 amide bonds. The van der Waals surface area contributed by atoms with E-state index in [0.29, 0.717) is 24.6 Å². The van der Waals surface area contributed by atoms with E-state index < -0.39 is 0 Å². The number of hydrogen-bond acceptors (Lipinski definition) is 3. The molecule has 1 N–H and O–H groups in total. The van der Waals surface area contributed by atoms with Gasteiger partial charge < -0.3 is 10.2 Å². The minimum absolute atomic E-state index is 0.0594. The molecule has 0 bridgehead atoms. The molecule has 1 heterocycles. The molecule has 2 atom stereocenters. The highest BCUT2D eigenvalue weighted by atomic mass is 16.2. The highest BCUT2D eigenvalue weighted by molar-refractivity contribution is 5.79. The quantitative estimate of drug-likeness (QED) is 0.908. The summed E-state index contributed by atoms with van der Waals surface area (Å²) in [7, 11) is 0. The molecule has 1 fully saturated rings. The Labute approximate surface area is 120 Å². The van der Waals surface area contributed by atoms with Gasteiger partial charge in [0.15, 0.2) is 0 Å². The molecule has 1 aromatic carbocycles. The lowest BCUT2D eigenvalue weighted by molar-refractivity contribution is -0.136. The van der Waals surface area contributed by atoms with E-state index in [0.717, 1.165) is 18.7 Å². The van der Waals surface area contributed by atoms with Gasteiger partial charge in [0.1, 0.15) is 0 Å². The van der Waals surface area contributed by atoms with Crippen LogP contribution >= 0.6 is 0 Å². The number of amides is 1. The van der Waals surface area contributed by atoms with Crippen LogP contribution in [0.5, 0.6) is 0 Å². The number of nitrogens with zero attached hydrogens (tertiary/aromatic N) is 2. The van der Waals surface area contributed by atoms with Gasteiger partial charge in [-0.2, -0.15) is 5.26 Å². The Balaban J connectivity index is 2.13. The molecule has 2 unspecified atom stereocenters. The minimum Gasteiger partial charge on any atom is -0.338 e. The van der Waals surface area contributed by atoms with E-state index in [1.54, 1.807) is 6.07 Å². The lowest BCUT2D eigenvalue weighted by Gasteiger charge is -2.26. The van der Waals surface area contributed by atoms with Crippen LogP contribution in [0.1, 0.15) is 25.0 Å². The maximum atomic E-state index is 12.6. The van der Waals surface area contributed by atoms with Crippen molar-refractivity contribution >= 4 is 5.91 Å². The zero-order chi connectivity index (χ0) is 14.5. The third kappa shape index (κ3) is 3.00. The van der Waals surface area contributed by atoms with Crippen molar-refractivity contribution in [2.24, 2.45) is 11.8 Å². The van der Waals surface area contributed by atoms with Crippen molar-refractivity contribution in [1.29, 1.82) is 5.26 Å². The van der Waals surface area contributed by atoms with Crippen LogP contribution in [0.4, 0.5) is 0 Å². The normalized spacial score (nSPS) is 21.4. The lowest BCUT2D eigenvalue weighted by atomic mass is 9.96. The van der Waals surface area contributed by atoms with Gasteiger partial charge in [0, 0.05) is 19.6 Å². The van der Waals surface area contributed by atoms with Gasteiger partial charge in [-0.15, -0.1) is 0 Å². The number of carbonyl (C=O) groups is 1. The number of nitrogens with one attached hydrogen (secondary N) is 1. The maximum absolute atomic E-state index is 12.6. The van der Waals surface area contributed by atoms with Crippen LogP contribution in [0.3, 0.4) is 0 Å². The summed E-state index contributed by atoms with van der Waals surface area (Å²) in [6, 6.07) is 9.67. The minimum atomic E-state index is 0.0594. The Bertz CT molecular complexity index is 521. The van der Waals surface area contributed by atoms with Crippen LogP contribution in [-0.2, 0) is 11.3 Å². The van der Waals surface area contributed by atoms with Crippen molar-refractivity contribution in [3.05, 3.63) is 35.4 Å². The van der Waals surface area contributed by atoms with E-state index in [1.165, 1.54) is 0 Å². The summed E-state index contributed by atoms with van der Waals surface area (Å²) < 4.78 is 0. The van der Waals surface area contributed by atoms with Gasteiger partial charge in [-0.3, -0.25) is 4.79 Å². The van der Waals surface area contributed by atoms with Crippen LogP contribution in [-0.4, -0.2) is 30.4 Å². The van der Waals surface area contributed by atoms with Crippen molar-refractivity contribution < 1.29 is 4.79 Å². The van der Waals surface area contributed by atoms with Crippen LogP contribution < -0.4 is 5.32 Å². The van der Waals surface area contributed by atoms with Crippen LogP contribution in [0.25, 0.3) is 0 Å². The van der Waals surface area contributed by atoms with E-state index in [9.17, 15) is 4.79 Å². The largest absolute Gasteiger partial charge is 0.338 e. The first-order valence-corrected chi connectivity index (χ1v) is 7.14. The van der Waals surface area contributed by atoms with Crippen molar-refractivity contribution in [3.8, 4) is 6.07 Å². The van der Waals surface area contributed by atoms with Gasteiger partial charge in [0.2, 0.25) is 5.91 Å². The molecule has 0 aromatic heterocycles. The van der Waals surface area contributed by atoms with Crippen molar-refractivity contribution in [1.82, 2.24) is 10.2 Å². The van der Waals surface area contributed by atoms with E-state index in [-0.39, 0.29) is 11.8 Å². The average molecular weight is 271 g/mol. The fourth-order valence-electron chi connectivity index (χ4n) is 2.69. The molecule has 0 saturated carbocycles. The van der Waals surface area contributed by atoms with Crippen molar-refractivity contribution in [3.63, 3.8) is 0 Å². The number of hydrogen-bond donors (Lipinski definition) is 1. The number of rotatable bonds is 4. The van der Waals surface area contributed by atoms with Crippen molar-refractivity contribution in [2.75, 3.05) is 19.6 Å². The molecule has 0 spiro atoms. The molecular weight excluding hydrogens is 250 g/mol. The van der Waals surface area contributed by atoms with Gasteiger partial charge in [-0.05, 0) is 31.0 Å². The average Bonchev–Trinajstić information content (AvgIpc) is 2.90. The Kier molecular flexibility index (Phi) is 4.75. The second-order valence-corrected chi connectivity index (χ2v) is 5.36. The molecule has 20 heavy (non-hydrogen) atoms. The van der Waals surface area contributed by atoms with E-state index in [1.807, 2.05) is 30.0 Å². The Morgan fingerprint density at radius 1 is 1.45 bits per heavy atom. The second kappa shape index (κ2) is 6.53. The summed E-state index contributed by atoms with van der Waals surface area (Å²) >= 11 is 0. The Hall–Kier alpha value is -1.86. The number of benzene rings is 1. The summed E-state index contributed by atoms with van der Waals surface area (Å²) in [5.41, 5.74) is 1.57. The number of carbonyl (C=O) groups excluding carboxylic acids is 1. The topological polar surface area (TPSA) is 56.1 Å². The molecule has 1 aliphatic rings. The second-order valence-electron chi connectivity index (χ2n) is 5.36. The Morgan fingerprint density at radius 3 is 2.80 bits per heavy atom. The van der Waals surface area contributed by atoms with E-state index in [4.69, 9.17) is 5.26 Å². The summed E-state index contributed by atoms with van der Waals surface area (Å²) in [6.07, 6.45) is 0.